The van der Waals surface area contributed by atoms with Crippen LogP contribution in [0.5, 0.6) is 0 Å². The molecule has 0 radical (unpaired) electrons. The molecule has 6 heteroatoms. The van der Waals surface area contributed by atoms with Crippen molar-refractivity contribution in [3.05, 3.63) is 93.8 Å². The number of benzene rings is 2. The molecule has 1 heterocycles. The summed E-state index contributed by atoms with van der Waals surface area (Å²) in [5.41, 5.74) is 3.15. The Labute approximate surface area is 197 Å². The average Bonchev–Trinajstić information content (AvgIpc) is 3.32. The Balaban J connectivity index is 1.55. The van der Waals surface area contributed by atoms with Crippen LogP contribution in [0.1, 0.15) is 68.4 Å². The summed E-state index contributed by atoms with van der Waals surface area (Å²) in [6, 6.07) is 12.5. The van der Waals surface area contributed by atoms with Crippen molar-refractivity contribution in [2.24, 2.45) is 0 Å². The van der Waals surface area contributed by atoms with Crippen LogP contribution in [0.4, 0.5) is 8.78 Å². The van der Waals surface area contributed by atoms with Gasteiger partial charge in [-0.25, -0.2) is 13.6 Å². The van der Waals surface area contributed by atoms with E-state index >= 15 is 4.39 Å². The van der Waals surface area contributed by atoms with Crippen molar-refractivity contribution in [3.8, 4) is 0 Å². The predicted molar refractivity (Wildman–Crippen MR) is 124 cm³/mol. The Morgan fingerprint density at radius 2 is 1.71 bits per heavy atom. The molecule has 34 heavy (non-hydrogen) atoms. The molecule has 2 aromatic rings. The number of dihydropyridines is 1. The number of carbonyl (C=O) groups is 2. The minimum Gasteiger partial charge on any atom is -0.459 e. The molecule has 176 valence electrons. The zero-order valence-corrected chi connectivity index (χ0v) is 19.1. The fraction of sp³-hybridized carbons (Fsp3) is 0.357. The van der Waals surface area contributed by atoms with E-state index in [0.717, 1.165) is 31.2 Å². The molecular formula is C28H27F2NO3. The van der Waals surface area contributed by atoms with Gasteiger partial charge in [-0.05, 0) is 68.7 Å². The first kappa shape index (κ1) is 22.5. The van der Waals surface area contributed by atoms with Crippen LogP contribution in [0.15, 0.2) is 71.1 Å². The van der Waals surface area contributed by atoms with E-state index in [1.807, 2.05) is 0 Å². The number of halogens is 2. The number of Topliss-reactive ketones (excluding diaryl/α,β-unsaturated/α-hetero) is 1. The van der Waals surface area contributed by atoms with E-state index in [1.165, 1.54) is 18.2 Å². The number of rotatable bonds is 4. The third-order valence-corrected chi connectivity index (χ3v) is 7.18. The molecule has 0 aromatic heterocycles. The molecule has 0 amide bonds. The quantitative estimate of drug-likeness (QED) is 0.581. The fourth-order valence-electron chi connectivity index (χ4n) is 5.52. The van der Waals surface area contributed by atoms with E-state index < -0.39 is 17.7 Å². The van der Waals surface area contributed by atoms with Crippen LogP contribution in [-0.4, -0.2) is 17.9 Å². The maximum atomic E-state index is 15.0. The summed E-state index contributed by atoms with van der Waals surface area (Å²) in [7, 11) is 0. The first-order valence-corrected chi connectivity index (χ1v) is 11.9. The van der Waals surface area contributed by atoms with E-state index in [-0.39, 0.29) is 30.0 Å². The largest absolute Gasteiger partial charge is 0.459 e. The number of esters is 1. The van der Waals surface area contributed by atoms with Gasteiger partial charge in [0.25, 0.3) is 0 Å². The van der Waals surface area contributed by atoms with Gasteiger partial charge in [-0.1, -0.05) is 30.3 Å². The number of hydrogen-bond donors (Lipinski definition) is 1. The van der Waals surface area contributed by atoms with Crippen LogP contribution in [0.25, 0.3) is 0 Å². The molecule has 2 aromatic carbocycles. The Kier molecular flexibility index (Phi) is 6.07. The van der Waals surface area contributed by atoms with Crippen molar-refractivity contribution >= 4 is 11.8 Å². The van der Waals surface area contributed by atoms with Crippen LogP contribution in [0.2, 0.25) is 0 Å². The molecule has 1 N–H and O–H groups in total. The van der Waals surface area contributed by atoms with E-state index in [9.17, 15) is 14.0 Å². The molecule has 1 aliphatic heterocycles. The average molecular weight is 464 g/mol. The van der Waals surface area contributed by atoms with Crippen LogP contribution in [-0.2, 0) is 14.3 Å². The van der Waals surface area contributed by atoms with Gasteiger partial charge >= 0.3 is 5.97 Å². The topological polar surface area (TPSA) is 55.4 Å². The molecule has 4 nitrogen and oxygen atoms in total. The first-order valence-electron chi connectivity index (χ1n) is 11.9. The van der Waals surface area contributed by atoms with Gasteiger partial charge < -0.3 is 10.1 Å². The normalized spacial score (nSPS) is 23.1. The summed E-state index contributed by atoms with van der Waals surface area (Å²) < 4.78 is 34.3. The molecular weight excluding hydrogens is 436 g/mol. The number of nitrogens with one attached hydrogen (secondary N) is 1. The van der Waals surface area contributed by atoms with Crippen LogP contribution in [0.3, 0.4) is 0 Å². The Bertz CT molecular complexity index is 1190. The summed E-state index contributed by atoms with van der Waals surface area (Å²) in [5, 5.41) is 3.28. The zero-order valence-electron chi connectivity index (χ0n) is 19.1. The molecule has 3 aliphatic rings. The third-order valence-electron chi connectivity index (χ3n) is 7.18. The van der Waals surface area contributed by atoms with E-state index in [1.54, 1.807) is 37.3 Å². The van der Waals surface area contributed by atoms with Crippen molar-refractivity contribution in [2.75, 3.05) is 0 Å². The molecule has 1 saturated carbocycles. The first-order chi connectivity index (χ1) is 16.4. The van der Waals surface area contributed by atoms with E-state index in [0.29, 0.717) is 34.5 Å². The van der Waals surface area contributed by atoms with Gasteiger partial charge in [0.05, 0.1) is 11.5 Å². The number of hydrogen-bond acceptors (Lipinski definition) is 4. The second-order valence-electron chi connectivity index (χ2n) is 9.40. The van der Waals surface area contributed by atoms with E-state index in [4.69, 9.17) is 4.74 Å². The van der Waals surface area contributed by atoms with Gasteiger partial charge in [-0.3, -0.25) is 4.79 Å². The number of carbonyl (C=O) groups excluding carboxylic acids is 2. The van der Waals surface area contributed by atoms with Crippen molar-refractivity contribution in [2.45, 2.75) is 63.4 Å². The SMILES string of the molecule is CC1=C(C(=O)OC2CCCC2)[C@H](c2ccccc2F)C2=C(C[C@@H](c3ccc(F)cc3)CC2=O)N1. The standard InChI is InChI=1S/C28H27F2NO3/c1-16-25(28(33)34-20-6-2-3-7-20)26(21-8-4-5-9-22(21)30)27-23(31-16)14-18(15-24(27)32)17-10-12-19(29)13-11-17/h4-5,8-13,18,20,26,31H,2-3,6-7,14-15H2,1H3/t18-,26+/m1/s1. The van der Waals surface area contributed by atoms with Gasteiger partial charge in [-0.2, -0.15) is 0 Å². The highest BCUT2D eigenvalue weighted by molar-refractivity contribution is 6.04. The lowest BCUT2D eigenvalue weighted by Crippen LogP contribution is -2.37. The summed E-state index contributed by atoms with van der Waals surface area (Å²) in [6.45, 7) is 1.77. The highest BCUT2D eigenvalue weighted by Crippen LogP contribution is 2.46. The summed E-state index contributed by atoms with van der Waals surface area (Å²) >= 11 is 0. The molecule has 0 unspecified atom stereocenters. The molecule has 5 rings (SSSR count). The van der Waals surface area contributed by atoms with Gasteiger partial charge in [0.2, 0.25) is 0 Å². The molecule has 2 aliphatic carbocycles. The van der Waals surface area contributed by atoms with Crippen LogP contribution in [0, 0.1) is 11.6 Å². The predicted octanol–water partition coefficient (Wildman–Crippen LogP) is 5.81. The molecule has 0 bridgehead atoms. The van der Waals surface area contributed by atoms with Crippen molar-refractivity contribution in [1.82, 2.24) is 5.32 Å². The van der Waals surface area contributed by atoms with Crippen LogP contribution >= 0.6 is 0 Å². The minimum absolute atomic E-state index is 0.125. The number of allylic oxidation sites excluding steroid dienone is 3. The molecule has 1 fully saturated rings. The smallest absolute Gasteiger partial charge is 0.337 e. The number of ketones is 1. The molecule has 0 spiro atoms. The Hall–Kier alpha value is -3.28. The van der Waals surface area contributed by atoms with Gasteiger partial charge in [0, 0.05) is 29.0 Å². The monoisotopic (exact) mass is 463 g/mol. The fourth-order valence-corrected chi connectivity index (χ4v) is 5.52. The van der Waals surface area contributed by atoms with Gasteiger partial charge in [0.1, 0.15) is 17.7 Å². The second-order valence-corrected chi connectivity index (χ2v) is 9.40. The van der Waals surface area contributed by atoms with E-state index in [2.05, 4.69) is 5.32 Å². The number of ether oxygens (including phenoxy) is 1. The highest BCUT2D eigenvalue weighted by atomic mass is 19.1. The second kappa shape index (κ2) is 9.16. The summed E-state index contributed by atoms with van der Waals surface area (Å²) in [6.07, 6.45) is 4.26. The summed E-state index contributed by atoms with van der Waals surface area (Å²) in [4.78, 5) is 26.9. The summed E-state index contributed by atoms with van der Waals surface area (Å²) in [5.74, 6) is -2.38. The van der Waals surface area contributed by atoms with Crippen molar-refractivity contribution < 1.29 is 23.1 Å². The Morgan fingerprint density at radius 1 is 1.00 bits per heavy atom. The zero-order chi connectivity index (χ0) is 23.8. The molecule has 2 atom stereocenters. The lowest BCUT2D eigenvalue weighted by molar-refractivity contribution is -0.144. The van der Waals surface area contributed by atoms with Gasteiger partial charge in [0.15, 0.2) is 5.78 Å². The lowest BCUT2D eigenvalue weighted by Gasteiger charge is -2.37. The maximum absolute atomic E-state index is 15.0. The Morgan fingerprint density at radius 3 is 2.41 bits per heavy atom. The van der Waals surface area contributed by atoms with Crippen LogP contribution < -0.4 is 5.32 Å². The minimum atomic E-state index is -0.826. The third kappa shape index (κ3) is 4.17. The van der Waals surface area contributed by atoms with Crippen molar-refractivity contribution in [1.29, 1.82) is 0 Å². The molecule has 0 saturated heterocycles. The maximum Gasteiger partial charge on any atom is 0.337 e. The van der Waals surface area contributed by atoms with Crippen molar-refractivity contribution in [3.63, 3.8) is 0 Å². The van der Waals surface area contributed by atoms with Gasteiger partial charge in [-0.15, -0.1) is 0 Å². The highest BCUT2D eigenvalue weighted by Gasteiger charge is 2.42. The lowest BCUT2D eigenvalue weighted by atomic mass is 9.71.